The molecule has 0 heterocycles. The first-order chi connectivity index (χ1) is 10.7. The highest BCUT2D eigenvalue weighted by atomic mass is 32.2. The molecule has 2 N–H and O–H groups in total. The third kappa shape index (κ3) is 3.78. The van der Waals surface area contributed by atoms with Crippen molar-refractivity contribution in [2.45, 2.75) is 25.7 Å². The number of hydrogen-bond acceptors (Lipinski definition) is 3. The maximum absolute atomic E-state index is 12.3. The Morgan fingerprint density at radius 3 is 2.17 bits per heavy atom. The fourth-order valence-electron chi connectivity index (χ4n) is 2.16. The van der Waals surface area contributed by atoms with Crippen molar-refractivity contribution in [3.8, 4) is 0 Å². The van der Waals surface area contributed by atoms with Gasteiger partial charge in [-0.1, -0.05) is 12.1 Å². The van der Waals surface area contributed by atoms with Gasteiger partial charge < -0.3 is 5.32 Å². The molecule has 0 radical (unpaired) electrons. The van der Waals surface area contributed by atoms with Gasteiger partial charge in [-0.15, -0.1) is 0 Å². The minimum atomic E-state index is -3.57. The van der Waals surface area contributed by atoms with Crippen molar-refractivity contribution >= 4 is 21.6 Å². The summed E-state index contributed by atoms with van der Waals surface area (Å²) >= 11 is 0. The van der Waals surface area contributed by atoms with Crippen LogP contribution in [0.1, 0.15) is 27.0 Å². The van der Waals surface area contributed by atoms with Gasteiger partial charge in [0.25, 0.3) is 5.91 Å². The number of benzene rings is 2. The lowest BCUT2D eigenvalue weighted by molar-refractivity contribution is 0.102. The van der Waals surface area contributed by atoms with Crippen LogP contribution in [0.4, 0.5) is 5.69 Å². The molecular formula is C17H20N2O3S. The molecule has 122 valence electrons. The zero-order chi connectivity index (χ0) is 17.2. The molecule has 0 unspecified atom stereocenters. The molecule has 0 spiro atoms. The van der Waals surface area contributed by atoms with E-state index < -0.39 is 10.0 Å². The Kier molecular flexibility index (Phi) is 4.87. The minimum absolute atomic E-state index is 0.151. The van der Waals surface area contributed by atoms with Gasteiger partial charge in [0, 0.05) is 11.3 Å². The summed E-state index contributed by atoms with van der Waals surface area (Å²) in [5.41, 5.74) is 3.72. The highest BCUT2D eigenvalue weighted by molar-refractivity contribution is 7.89. The zero-order valence-corrected chi connectivity index (χ0v) is 14.4. The van der Waals surface area contributed by atoms with E-state index in [4.69, 9.17) is 0 Å². The molecule has 2 aromatic carbocycles. The standard InChI is InChI=1S/C17H20N2O3S/c1-11-5-7-14(9-13(11)3)17(20)19-15-8-6-12(2)16(10-15)23(21,22)18-4/h5-10,18H,1-4H3,(H,19,20). The Morgan fingerprint density at radius 1 is 0.913 bits per heavy atom. The van der Waals surface area contributed by atoms with Crippen molar-refractivity contribution in [2.75, 3.05) is 12.4 Å². The molecule has 2 rings (SSSR count). The number of carbonyl (C=O) groups excluding carboxylic acids is 1. The lowest BCUT2D eigenvalue weighted by Gasteiger charge is -2.11. The third-order valence-corrected chi connectivity index (χ3v) is 5.33. The summed E-state index contributed by atoms with van der Waals surface area (Å²) in [6, 6.07) is 10.3. The molecule has 0 aliphatic rings. The molecule has 0 aromatic heterocycles. The van der Waals surface area contributed by atoms with E-state index in [2.05, 4.69) is 10.0 Å². The van der Waals surface area contributed by atoms with Crippen molar-refractivity contribution < 1.29 is 13.2 Å². The molecule has 6 heteroatoms. The molecular weight excluding hydrogens is 312 g/mol. The van der Waals surface area contributed by atoms with Crippen LogP contribution in [0.2, 0.25) is 0 Å². The first kappa shape index (κ1) is 17.2. The summed E-state index contributed by atoms with van der Waals surface area (Å²) < 4.78 is 26.3. The van der Waals surface area contributed by atoms with E-state index >= 15 is 0 Å². The summed E-state index contributed by atoms with van der Waals surface area (Å²) in [6.45, 7) is 5.63. The largest absolute Gasteiger partial charge is 0.322 e. The Balaban J connectivity index is 2.31. The topological polar surface area (TPSA) is 75.3 Å². The van der Waals surface area contributed by atoms with Crippen molar-refractivity contribution in [1.82, 2.24) is 4.72 Å². The number of aryl methyl sites for hydroxylation is 3. The highest BCUT2D eigenvalue weighted by Crippen LogP contribution is 2.21. The van der Waals surface area contributed by atoms with Gasteiger partial charge in [-0.25, -0.2) is 13.1 Å². The highest BCUT2D eigenvalue weighted by Gasteiger charge is 2.16. The van der Waals surface area contributed by atoms with Gasteiger partial charge in [0.2, 0.25) is 10.0 Å². The van der Waals surface area contributed by atoms with Crippen molar-refractivity contribution in [3.05, 3.63) is 58.7 Å². The smallest absolute Gasteiger partial charge is 0.255 e. The minimum Gasteiger partial charge on any atom is -0.322 e. The number of sulfonamides is 1. The summed E-state index contributed by atoms with van der Waals surface area (Å²) in [4.78, 5) is 12.5. The zero-order valence-electron chi connectivity index (χ0n) is 13.6. The number of anilines is 1. The molecule has 2 aromatic rings. The van der Waals surface area contributed by atoms with Crippen LogP contribution in [0, 0.1) is 20.8 Å². The third-order valence-electron chi connectivity index (χ3n) is 3.77. The fourth-order valence-corrected chi connectivity index (χ4v) is 3.16. The van der Waals surface area contributed by atoms with Gasteiger partial charge >= 0.3 is 0 Å². The lowest BCUT2D eigenvalue weighted by Crippen LogP contribution is -2.20. The molecule has 0 aliphatic carbocycles. The number of carbonyl (C=O) groups is 1. The summed E-state index contributed by atoms with van der Waals surface area (Å²) in [6.07, 6.45) is 0. The normalized spacial score (nSPS) is 11.3. The van der Waals surface area contributed by atoms with Crippen LogP contribution in [0.3, 0.4) is 0 Å². The number of amides is 1. The maximum Gasteiger partial charge on any atom is 0.255 e. The summed E-state index contributed by atoms with van der Waals surface area (Å²) in [5.74, 6) is -0.273. The number of hydrogen-bond donors (Lipinski definition) is 2. The van der Waals surface area contributed by atoms with Crippen molar-refractivity contribution in [1.29, 1.82) is 0 Å². The van der Waals surface area contributed by atoms with E-state index in [0.717, 1.165) is 11.1 Å². The second-order valence-electron chi connectivity index (χ2n) is 5.44. The van der Waals surface area contributed by atoms with E-state index in [1.165, 1.54) is 13.1 Å². The molecule has 0 saturated carbocycles. The van der Waals surface area contributed by atoms with Crippen molar-refractivity contribution in [3.63, 3.8) is 0 Å². The summed E-state index contributed by atoms with van der Waals surface area (Å²) in [7, 11) is -2.21. The van der Waals surface area contributed by atoms with Crippen LogP contribution in [0.5, 0.6) is 0 Å². The second-order valence-corrected chi connectivity index (χ2v) is 7.30. The number of nitrogens with one attached hydrogen (secondary N) is 2. The Hall–Kier alpha value is -2.18. The Morgan fingerprint density at radius 2 is 1.57 bits per heavy atom. The predicted molar refractivity (Wildman–Crippen MR) is 91.3 cm³/mol. The molecule has 0 bridgehead atoms. The van der Waals surface area contributed by atoms with Crippen LogP contribution in [0.15, 0.2) is 41.3 Å². The Bertz CT molecular complexity index is 858. The van der Waals surface area contributed by atoms with Gasteiger partial charge in [0.05, 0.1) is 4.90 Å². The second kappa shape index (κ2) is 6.52. The van der Waals surface area contributed by atoms with Crippen molar-refractivity contribution in [2.24, 2.45) is 0 Å². The molecule has 23 heavy (non-hydrogen) atoms. The van der Waals surface area contributed by atoms with Crippen LogP contribution in [-0.4, -0.2) is 21.4 Å². The lowest BCUT2D eigenvalue weighted by atomic mass is 10.1. The van der Waals surface area contributed by atoms with E-state index in [-0.39, 0.29) is 10.8 Å². The predicted octanol–water partition coefficient (Wildman–Crippen LogP) is 2.77. The fraction of sp³-hybridized carbons (Fsp3) is 0.235. The molecule has 5 nitrogen and oxygen atoms in total. The molecule has 1 amide bonds. The Labute approximate surface area is 136 Å². The SMILES string of the molecule is CNS(=O)(=O)c1cc(NC(=O)c2ccc(C)c(C)c2)ccc1C. The van der Waals surface area contributed by atoms with Crippen LogP contribution >= 0.6 is 0 Å². The molecule has 0 fully saturated rings. The van der Waals surface area contributed by atoms with E-state index in [0.29, 0.717) is 16.8 Å². The molecule has 0 aliphatic heterocycles. The van der Waals surface area contributed by atoms with Gasteiger partial charge in [0.15, 0.2) is 0 Å². The van der Waals surface area contributed by atoms with E-state index in [1.54, 1.807) is 25.1 Å². The average molecular weight is 332 g/mol. The van der Waals surface area contributed by atoms with Crippen LogP contribution in [0.25, 0.3) is 0 Å². The van der Waals surface area contributed by atoms with E-state index in [1.807, 2.05) is 26.0 Å². The van der Waals surface area contributed by atoms with Gasteiger partial charge in [-0.05, 0) is 68.8 Å². The number of rotatable bonds is 4. The first-order valence-electron chi connectivity index (χ1n) is 7.17. The van der Waals surface area contributed by atoms with Crippen LogP contribution in [-0.2, 0) is 10.0 Å². The molecule has 0 saturated heterocycles. The first-order valence-corrected chi connectivity index (χ1v) is 8.65. The van der Waals surface area contributed by atoms with Crippen LogP contribution < -0.4 is 10.0 Å². The van der Waals surface area contributed by atoms with Gasteiger partial charge in [-0.2, -0.15) is 0 Å². The van der Waals surface area contributed by atoms with Gasteiger partial charge in [-0.3, -0.25) is 4.79 Å². The summed E-state index contributed by atoms with van der Waals surface area (Å²) in [5, 5.41) is 2.74. The average Bonchev–Trinajstić information content (AvgIpc) is 2.51. The maximum atomic E-state index is 12.3. The quantitative estimate of drug-likeness (QED) is 0.904. The monoisotopic (exact) mass is 332 g/mol. The van der Waals surface area contributed by atoms with E-state index in [9.17, 15) is 13.2 Å². The molecule has 0 atom stereocenters. The van der Waals surface area contributed by atoms with Gasteiger partial charge in [0.1, 0.15) is 0 Å².